The average molecular weight is 549 g/mol. The molecule has 208 valence electrons. The molecule has 0 radical (unpaired) electrons. The molecule has 1 fully saturated rings. The third-order valence-electron chi connectivity index (χ3n) is 7.20. The molecule has 0 aliphatic carbocycles. The van der Waals surface area contributed by atoms with Crippen molar-refractivity contribution in [2.75, 3.05) is 39.3 Å². The Balaban J connectivity index is 1.49. The quantitative estimate of drug-likeness (QED) is 0.190. The maximum atomic E-state index is 11.5. The van der Waals surface area contributed by atoms with Gasteiger partial charge in [0.05, 0.1) is 24.9 Å². The molecule has 2 aromatic carbocycles. The predicted octanol–water partition coefficient (Wildman–Crippen LogP) is 4.88. The summed E-state index contributed by atoms with van der Waals surface area (Å²) in [6.07, 6.45) is 2.73. The minimum atomic E-state index is -0.233. The van der Waals surface area contributed by atoms with E-state index in [1.165, 1.54) is 5.56 Å². The summed E-state index contributed by atoms with van der Waals surface area (Å²) in [5, 5.41) is 16.5. The third-order valence-corrected chi connectivity index (χ3v) is 8.14. The third kappa shape index (κ3) is 7.54. The SMILES string of the molecule is C=CCN1C[C@H](C)N([C@H](c2ccc(-c3nc(CCNCC(=O)OCC)cs3)cc2)c2cccc(O)c2)C[C@H]1C. The fourth-order valence-electron chi connectivity index (χ4n) is 5.26. The van der Waals surface area contributed by atoms with E-state index in [1.54, 1.807) is 24.3 Å². The molecule has 8 heteroatoms. The van der Waals surface area contributed by atoms with Crippen LogP contribution in [-0.4, -0.2) is 77.3 Å². The molecular weight excluding hydrogens is 508 g/mol. The number of carbonyl (C=O) groups excluding carboxylic acids is 1. The van der Waals surface area contributed by atoms with Crippen molar-refractivity contribution >= 4 is 17.3 Å². The van der Waals surface area contributed by atoms with Crippen LogP contribution in [-0.2, 0) is 16.0 Å². The van der Waals surface area contributed by atoms with Gasteiger partial charge >= 0.3 is 5.97 Å². The molecule has 1 aliphatic heterocycles. The van der Waals surface area contributed by atoms with Crippen molar-refractivity contribution in [3.05, 3.63) is 83.4 Å². The maximum Gasteiger partial charge on any atom is 0.319 e. The molecule has 1 aromatic heterocycles. The van der Waals surface area contributed by atoms with E-state index in [0.29, 0.717) is 25.2 Å². The summed E-state index contributed by atoms with van der Waals surface area (Å²) in [5.41, 5.74) is 4.38. The number of esters is 1. The smallest absolute Gasteiger partial charge is 0.319 e. The number of nitrogens with one attached hydrogen (secondary N) is 1. The lowest BCUT2D eigenvalue weighted by Crippen LogP contribution is -2.57. The summed E-state index contributed by atoms with van der Waals surface area (Å²) in [7, 11) is 0. The number of rotatable bonds is 12. The average Bonchev–Trinajstić information content (AvgIpc) is 3.39. The highest BCUT2D eigenvalue weighted by Gasteiger charge is 2.34. The number of hydrogen-bond acceptors (Lipinski definition) is 8. The number of carbonyl (C=O) groups is 1. The number of piperazine rings is 1. The second-order valence-electron chi connectivity index (χ2n) is 10.1. The molecule has 0 bridgehead atoms. The number of hydrogen-bond donors (Lipinski definition) is 2. The Morgan fingerprint density at radius 2 is 2.00 bits per heavy atom. The molecule has 4 rings (SSSR count). The van der Waals surface area contributed by atoms with E-state index >= 15 is 0 Å². The molecule has 2 heterocycles. The molecule has 1 aliphatic rings. The molecule has 2 N–H and O–H groups in total. The molecule has 1 saturated heterocycles. The Morgan fingerprint density at radius 1 is 1.21 bits per heavy atom. The van der Waals surface area contributed by atoms with Gasteiger partial charge in [0.1, 0.15) is 10.8 Å². The first-order chi connectivity index (χ1) is 18.9. The van der Waals surface area contributed by atoms with Crippen molar-refractivity contribution in [1.82, 2.24) is 20.1 Å². The highest BCUT2D eigenvalue weighted by Crippen LogP contribution is 2.35. The Bertz CT molecular complexity index is 1230. The van der Waals surface area contributed by atoms with Gasteiger partial charge < -0.3 is 15.2 Å². The van der Waals surface area contributed by atoms with Crippen molar-refractivity contribution in [1.29, 1.82) is 0 Å². The molecule has 0 saturated carbocycles. The van der Waals surface area contributed by atoms with E-state index in [2.05, 4.69) is 71.3 Å². The first-order valence-corrected chi connectivity index (χ1v) is 14.6. The highest BCUT2D eigenvalue weighted by molar-refractivity contribution is 7.13. The minimum Gasteiger partial charge on any atom is -0.508 e. The summed E-state index contributed by atoms with van der Waals surface area (Å²) in [5.74, 6) is 0.0512. The summed E-state index contributed by atoms with van der Waals surface area (Å²) in [4.78, 5) is 21.3. The van der Waals surface area contributed by atoms with Crippen LogP contribution in [0.15, 0.2) is 66.6 Å². The zero-order valence-electron chi connectivity index (χ0n) is 23.2. The molecule has 3 atom stereocenters. The molecule has 39 heavy (non-hydrogen) atoms. The van der Waals surface area contributed by atoms with Crippen LogP contribution in [0.1, 0.15) is 43.6 Å². The van der Waals surface area contributed by atoms with Gasteiger partial charge in [-0.1, -0.05) is 42.5 Å². The Kier molecular flexibility index (Phi) is 10.3. The first kappa shape index (κ1) is 29.0. The Morgan fingerprint density at radius 3 is 2.72 bits per heavy atom. The lowest BCUT2D eigenvalue weighted by atomic mass is 9.93. The van der Waals surface area contributed by atoms with Crippen LogP contribution in [0.4, 0.5) is 0 Å². The number of aromatic hydroxyl groups is 1. The van der Waals surface area contributed by atoms with Gasteiger partial charge in [-0.2, -0.15) is 0 Å². The van der Waals surface area contributed by atoms with Crippen molar-refractivity contribution in [2.45, 2.75) is 45.3 Å². The standard InChI is InChI=1S/C31H40N4O3S/c1-5-16-34-19-23(4)35(20-22(34)3)30(26-8-7-9-28(36)17-26)24-10-12-25(13-11-24)31-33-27(21-39-31)14-15-32-18-29(37)38-6-2/h5,7-13,17,21-23,30,32,36H,1,6,14-16,18-20H2,2-4H3/t22-,23+,30-/m1/s1. The number of phenols is 1. The number of aromatic nitrogens is 1. The highest BCUT2D eigenvalue weighted by atomic mass is 32.1. The van der Waals surface area contributed by atoms with Crippen molar-refractivity contribution in [2.24, 2.45) is 0 Å². The zero-order chi connectivity index (χ0) is 27.8. The van der Waals surface area contributed by atoms with Gasteiger partial charge in [0.15, 0.2) is 0 Å². The van der Waals surface area contributed by atoms with Crippen LogP contribution >= 0.6 is 11.3 Å². The van der Waals surface area contributed by atoms with Crippen LogP contribution in [0.3, 0.4) is 0 Å². The Hall–Kier alpha value is -3.04. The van der Waals surface area contributed by atoms with Gasteiger partial charge in [0.2, 0.25) is 0 Å². The normalized spacial score (nSPS) is 19.1. The predicted molar refractivity (Wildman–Crippen MR) is 158 cm³/mol. The number of benzene rings is 2. The van der Waals surface area contributed by atoms with Crippen molar-refractivity contribution < 1.29 is 14.6 Å². The van der Waals surface area contributed by atoms with E-state index in [0.717, 1.165) is 47.9 Å². The van der Waals surface area contributed by atoms with Gasteiger partial charge in [0.25, 0.3) is 0 Å². The number of thiazole rings is 1. The summed E-state index contributed by atoms with van der Waals surface area (Å²) in [6, 6.07) is 17.1. The van der Waals surface area contributed by atoms with E-state index in [4.69, 9.17) is 9.72 Å². The van der Waals surface area contributed by atoms with Gasteiger partial charge in [-0.15, -0.1) is 17.9 Å². The van der Waals surface area contributed by atoms with Crippen molar-refractivity contribution in [3.8, 4) is 16.3 Å². The van der Waals surface area contributed by atoms with Crippen LogP contribution in [0.2, 0.25) is 0 Å². The second-order valence-corrected chi connectivity index (χ2v) is 11.0. The summed E-state index contributed by atoms with van der Waals surface area (Å²) >= 11 is 1.63. The number of ether oxygens (including phenoxy) is 1. The fourth-order valence-corrected chi connectivity index (χ4v) is 6.12. The molecule has 0 unspecified atom stereocenters. The Labute approximate surface area is 236 Å². The van der Waals surface area contributed by atoms with Crippen LogP contribution in [0, 0.1) is 0 Å². The zero-order valence-corrected chi connectivity index (χ0v) is 24.0. The fraction of sp³-hybridized carbons (Fsp3) is 0.419. The van der Waals surface area contributed by atoms with Gasteiger partial charge in [-0.05, 0) is 44.0 Å². The number of phenolic OH excluding ortho intramolecular Hbond substituents is 1. The topological polar surface area (TPSA) is 77.9 Å². The van der Waals surface area contributed by atoms with Crippen LogP contribution in [0.5, 0.6) is 5.75 Å². The summed E-state index contributed by atoms with van der Waals surface area (Å²) in [6.45, 7) is 14.4. The van der Waals surface area contributed by atoms with Gasteiger partial charge in [0, 0.05) is 55.6 Å². The molecular formula is C31H40N4O3S. The van der Waals surface area contributed by atoms with E-state index in [9.17, 15) is 9.90 Å². The minimum absolute atomic E-state index is 0.0341. The van der Waals surface area contributed by atoms with Crippen molar-refractivity contribution in [3.63, 3.8) is 0 Å². The molecule has 0 spiro atoms. The van der Waals surface area contributed by atoms with Crippen LogP contribution in [0.25, 0.3) is 10.6 Å². The van der Waals surface area contributed by atoms with Gasteiger partial charge in [-0.3, -0.25) is 14.6 Å². The van der Waals surface area contributed by atoms with Crippen LogP contribution < -0.4 is 5.32 Å². The van der Waals surface area contributed by atoms with Gasteiger partial charge in [-0.25, -0.2) is 4.98 Å². The lowest BCUT2D eigenvalue weighted by molar-refractivity contribution is -0.141. The van der Waals surface area contributed by atoms with E-state index in [-0.39, 0.29) is 24.3 Å². The van der Waals surface area contributed by atoms with E-state index in [1.807, 2.05) is 18.2 Å². The number of nitrogens with zero attached hydrogens (tertiary/aromatic N) is 3. The second kappa shape index (κ2) is 13.8. The largest absolute Gasteiger partial charge is 0.508 e. The molecule has 7 nitrogen and oxygen atoms in total. The summed E-state index contributed by atoms with van der Waals surface area (Å²) < 4.78 is 4.94. The first-order valence-electron chi connectivity index (χ1n) is 13.7. The monoisotopic (exact) mass is 548 g/mol. The lowest BCUT2D eigenvalue weighted by Gasteiger charge is -2.47. The van der Waals surface area contributed by atoms with E-state index < -0.39 is 0 Å². The molecule has 0 amide bonds. The maximum absolute atomic E-state index is 11.5. The molecule has 3 aromatic rings.